The van der Waals surface area contributed by atoms with Crippen molar-refractivity contribution >= 4 is 21.3 Å². The lowest BCUT2D eigenvalue weighted by Crippen LogP contribution is -2.51. The van der Waals surface area contributed by atoms with Gasteiger partial charge in [-0.2, -0.15) is 13.2 Å². The summed E-state index contributed by atoms with van der Waals surface area (Å²) in [6, 6.07) is 13.9. The average Bonchev–Trinajstić information content (AvgIpc) is 3.27. The monoisotopic (exact) mass is 576 g/mol. The van der Waals surface area contributed by atoms with E-state index in [1.165, 1.54) is 6.07 Å². The summed E-state index contributed by atoms with van der Waals surface area (Å²) < 4.78 is 66.5. The van der Waals surface area contributed by atoms with Crippen molar-refractivity contribution in [1.82, 2.24) is 9.80 Å². The van der Waals surface area contributed by atoms with Crippen molar-refractivity contribution in [2.24, 2.45) is 11.8 Å². The summed E-state index contributed by atoms with van der Waals surface area (Å²) in [5, 5.41) is 0. The Kier molecular flexibility index (Phi) is 9.15. The predicted molar refractivity (Wildman–Crippen MR) is 151 cm³/mol. The Morgan fingerprint density at radius 2 is 1.77 bits per heavy atom. The summed E-state index contributed by atoms with van der Waals surface area (Å²) in [5.41, 5.74) is 0.338. The summed E-state index contributed by atoms with van der Waals surface area (Å²) in [6.07, 6.45) is 0.151. The van der Waals surface area contributed by atoms with Crippen molar-refractivity contribution in [3.05, 3.63) is 71.8 Å². The van der Waals surface area contributed by atoms with Crippen LogP contribution in [0.3, 0.4) is 0 Å². The molecule has 2 aliphatic rings. The summed E-state index contributed by atoms with van der Waals surface area (Å²) in [6.45, 7) is 6.48. The van der Waals surface area contributed by atoms with Gasteiger partial charge in [-0.3, -0.25) is 4.79 Å². The summed E-state index contributed by atoms with van der Waals surface area (Å²) >= 11 is 0. The van der Waals surface area contributed by atoms with E-state index in [4.69, 9.17) is 0 Å². The van der Waals surface area contributed by atoms with Crippen LogP contribution in [-0.4, -0.2) is 61.6 Å². The molecule has 9 heteroatoms. The van der Waals surface area contributed by atoms with Gasteiger partial charge in [-0.15, -0.1) is 0 Å². The maximum absolute atomic E-state index is 13.6. The first-order chi connectivity index (χ1) is 18.8. The summed E-state index contributed by atoms with van der Waals surface area (Å²) in [4.78, 5) is 18.1. The molecule has 0 aromatic heterocycles. The number of carbonyl (C=O) groups excluding carboxylic acids is 1. The number of benzene rings is 2. The van der Waals surface area contributed by atoms with Crippen molar-refractivity contribution in [3.63, 3.8) is 0 Å². The van der Waals surface area contributed by atoms with E-state index in [9.17, 15) is 26.4 Å². The third kappa shape index (κ3) is 6.79. The van der Waals surface area contributed by atoms with E-state index in [0.717, 1.165) is 18.6 Å². The first-order valence-electron chi connectivity index (χ1n) is 13.9. The molecular weight excluding hydrogens is 537 g/mol. The average molecular weight is 577 g/mol. The Bertz CT molecular complexity index is 1320. The molecule has 0 unspecified atom stereocenters. The maximum atomic E-state index is 13.6. The highest BCUT2D eigenvalue weighted by atomic mass is 32.2. The lowest BCUT2D eigenvalue weighted by atomic mass is 9.81. The maximum Gasteiger partial charge on any atom is 0.416 e. The van der Waals surface area contributed by atoms with E-state index in [0.29, 0.717) is 47.9 Å². The van der Waals surface area contributed by atoms with Crippen molar-refractivity contribution in [2.75, 3.05) is 19.3 Å². The second-order valence-corrected chi connectivity index (χ2v) is 13.5. The predicted octanol–water partition coefficient (Wildman–Crippen LogP) is 6.31. The number of halogens is 3. The molecule has 1 aliphatic heterocycles. The standard InChI is InChI=1S/C31H39F3N2O3S/c1-21(2)35(4)27-13-14-29(25(19-27)20-40(38,39)28-11-6-5-7-12-28)36-16-15-24(30(36)37)17-22(3)23-9-8-10-26(18-23)31(32,33)34/h5-12,17-18,21,24-25,27,29H,13-16,19-20H2,1-4H3/t24-,25-,27+,29+/m1/s1. The molecule has 0 N–H and O–H groups in total. The summed E-state index contributed by atoms with van der Waals surface area (Å²) in [7, 11) is -1.49. The fraction of sp³-hybridized carbons (Fsp3) is 0.516. The van der Waals surface area contributed by atoms with E-state index in [1.807, 2.05) is 4.90 Å². The third-order valence-corrected chi connectivity index (χ3v) is 10.5. The lowest BCUT2D eigenvalue weighted by Gasteiger charge is -2.44. The van der Waals surface area contributed by atoms with Crippen LogP contribution in [0.15, 0.2) is 65.6 Å². The van der Waals surface area contributed by atoms with Crippen molar-refractivity contribution in [1.29, 1.82) is 0 Å². The Balaban J connectivity index is 1.56. The minimum Gasteiger partial charge on any atom is -0.339 e. The van der Waals surface area contributed by atoms with Gasteiger partial charge >= 0.3 is 6.18 Å². The fourth-order valence-corrected chi connectivity index (χ4v) is 7.84. The molecule has 2 aromatic carbocycles. The number of amides is 1. The Hall–Kier alpha value is -2.65. The molecule has 0 radical (unpaired) electrons. The molecule has 218 valence electrons. The minimum atomic E-state index is -4.44. The number of carbonyl (C=O) groups is 1. The highest BCUT2D eigenvalue weighted by molar-refractivity contribution is 7.91. The van der Waals surface area contributed by atoms with E-state index in [2.05, 4.69) is 25.8 Å². The second kappa shape index (κ2) is 12.1. The van der Waals surface area contributed by atoms with Gasteiger partial charge in [0.15, 0.2) is 9.84 Å². The molecule has 1 aliphatic carbocycles. The quantitative estimate of drug-likeness (QED) is 0.370. The van der Waals surface area contributed by atoms with Crippen LogP contribution in [0, 0.1) is 11.8 Å². The number of sulfone groups is 1. The van der Waals surface area contributed by atoms with Crippen LogP contribution in [0.1, 0.15) is 57.6 Å². The Morgan fingerprint density at radius 3 is 2.42 bits per heavy atom. The minimum absolute atomic E-state index is 0.0301. The first-order valence-corrected chi connectivity index (χ1v) is 15.6. The van der Waals surface area contributed by atoms with Crippen LogP contribution in [0.2, 0.25) is 0 Å². The van der Waals surface area contributed by atoms with Crippen molar-refractivity contribution in [3.8, 4) is 0 Å². The topological polar surface area (TPSA) is 57.7 Å². The van der Waals surface area contributed by atoms with Gasteiger partial charge < -0.3 is 9.80 Å². The zero-order valence-electron chi connectivity index (χ0n) is 23.6. The Morgan fingerprint density at radius 1 is 1.07 bits per heavy atom. The molecule has 1 saturated heterocycles. The van der Waals surface area contributed by atoms with Gasteiger partial charge in [0, 0.05) is 24.7 Å². The Labute approximate surface area is 236 Å². The number of hydrogen-bond donors (Lipinski definition) is 0. The van der Waals surface area contributed by atoms with Crippen LogP contribution in [0.25, 0.3) is 5.57 Å². The van der Waals surface area contributed by atoms with Gasteiger partial charge in [-0.05, 0) is 94.8 Å². The van der Waals surface area contributed by atoms with Gasteiger partial charge in [0.05, 0.1) is 22.1 Å². The molecule has 1 heterocycles. The second-order valence-electron chi connectivity index (χ2n) is 11.5. The van der Waals surface area contributed by atoms with Crippen molar-refractivity contribution < 1.29 is 26.4 Å². The zero-order chi connectivity index (χ0) is 29.2. The van der Waals surface area contributed by atoms with Gasteiger partial charge in [0.2, 0.25) is 5.91 Å². The highest BCUT2D eigenvalue weighted by Crippen LogP contribution is 2.38. The molecule has 1 amide bonds. The molecule has 0 bridgehead atoms. The van der Waals surface area contributed by atoms with Crippen LogP contribution >= 0.6 is 0 Å². The van der Waals surface area contributed by atoms with E-state index in [-0.39, 0.29) is 29.7 Å². The molecule has 4 atom stereocenters. The highest BCUT2D eigenvalue weighted by Gasteiger charge is 2.43. The molecule has 5 nitrogen and oxygen atoms in total. The van der Waals surface area contributed by atoms with Crippen LogP contribution < -0.4 is 0 Å². The third-order valence-electron chi connectivity index (χ3n) is 8.62. The van der Waals surface area contributed by atoms with Crippen LogP contribution in [0.4, 0.5) is 13.2 Å². The fourth-order valence-electron chi connectivity index (χ4n) is 6.16. The van der Waals surface area contributed by atoms with Crippen molar-refractivity contribution in [2.45, 2.75) is 75.7 Å². The van der Waals surface area contributed by atoms with E-state index in [1.54, 1.807) is 49.4 Å². The largest absolute Gasteiger partial charge is 0.416 e. The number of nitrogens with zero attached hydrogens (tertiary/aromatic N) is 2. The van der Waals surface area contributed by atoms with Gasteiger partial charge in [0.1, 0.15) is 0 Å². The first kappa shape index (κ1) is 30.3. The number of allylic oxidation sites excluding steroid dienone is 1. The van der Waals surface area contributed by atoms with Gasteiger partial charge in [-0.1, -0.05) is 36.4 Å². The molecule has 2 fully saturated rings. The number of rotatable bonds is 8. The zero-order valence-corrected chi connectivity index (χ0v) is 24.4. The SMILES string of the molecule is CC(=C[C@H]1CCN([C@H]2CC[C@H](N(C)C(C)C)C[C@@H]2CS(=O)(=O)c2ccccc2)C1=O)c1cccc(C(F)(F)F)c1. The number of hydrogen-bond acceptors (Lipinski definition) is 4. The molecule has 1 saturated carbocycles. The molecule has 40 heavy (non-hydrogen) atoms. The van der Waals surface area contributed by atoms with Gasteiger partial charge in [0.25, 0.3) is 0 Å². The van der Waals surface area contributed by atoms with Crippen LogP contribution in [0.5, 0.6) is 0 Å². The number of likely N-dealkylation sites (tertiary alicyclic amines) is 1. The number of alkyl halides is 3. The van der Waals surface area contributed by atoms with Crippen LogP contribution in [-0.2, 0) is 20.8 Å². The molecular formula is C31H39F3N2O3S. The van der Waals surface area contributed by atoms with E-state index < -0.39 is 27.5 Å². The smallest absolute Gasteiger partial charge is 0.339 e. The molecule has 4 rings (SSSR count). The lowest BCUT2D eigenvalue weighted by molar-refractivity contribution is -0.137. The molecule has 2 aromatic rings. The van der Waals surface area contributed by atoms with Gasteiger partial charge in [-0.25, -0.2) is 8.42 Å². The molecule has 0 spiro atoms. The summed E-state index contributed by atoms with van der Waals surface area (Å²) in [5.74, 6) is -0.773. The normalized spacial score (nSPS) is 24.8. The van der Waals surface area contributed by atoms with E-state index >= 15 is 0 Å².